The van der Waals surface area contributed by atoms with E-state index in [0.29, 0.717) is 61.9 Å². The predicted molar refractivity (Wildman–Crippen MR) is 147 cm³/mol. The van der Waals surface area contributed by atoms with E-state index in [1.807, 2.05) is 0 Å². The second-order valence-corrected chi connectivity index (χ2v) is 11.2. The van der Waals surface area contributed by atoms with Gasteiger partial charge >= 0.3 is 0 Å². The summed E-state index contributed by atoms with van der Waals surface area (Å²) in [5.41, 5.74) is 19.8. The van der Waals surface area contributed by atoms with E-state index in [9.17, 15) is 14.4 Å². The Kier molecular flexibility index (Phi) is 6.54. The van der Waals surface area contributed by atoms with Crippen molar-refractivity contribution in [2.75, 3.05) is 18.8 Å². The number of anilines is 1. The number of hydrogen-bond acceptors (Lipinski definition) is 7. The fourth-order valence-corrected chi connectivity index (χ4v) is 6.76. The molecule has 0 saturated carbocycles. The van der Waals surface area contributed by atoms with Gasteiger partial charge in [0, 0.05) is 35.8 Å². The maximum atomic E-state index is 13.8. The van der Waals surface area contributed by atoms with Crippen molar-refractivity contribution in [1.29, 1.82) is 0 Å². The molecule has 2 amide bonds. The van der Waals surface area contributed by atoms with Gasteiger partial charge in [0.2, 0.25) is 5.91 Å². The van der Waals surface area contributed by atoms with Crippen LogP contribution in [0.15, 0.2) is 43.0 Å². The van der Waals surface area contributed by atoms with Crippen molar-refractivity contribution >= 4 is 67.9 Å². The van der Waals surface area contributed by atoms with Crippen molar-refractivity contribution in [2.45, 2.75) is 30.5 Å². The van der Waals surface area contributed by atoms with E-state index in [4.69, 9.17) is 40.4 Å². The number of nitrogens with two attached hydrogens (primary N) is 3. The Balaban J connectivity index is 1.60. The molecule has 37 heavy (non-hydrogen) atoms. The Bertz CT molecular complexity index is 1490. The minimum atomic E-state index is -1.61. The Morgan fingerprint density at radius 3 is 2.68 bits per heavy atom. The van der Waals surface area contributed by atoms with E-state index in [2.05, 4.69) is 11.9 Å². The third-order valence-electron chi connectivity index (χ3n) is 7.14. The van der Waals surface area contributed by atoms with Crippen LogP contribution in [0, 0.1) is 0 Å². The number of benzene rings is 2. The molecule has 2 aliphatic rings. The van der Waals surface area contributed by atoms with E-state index in [1.54, 1.807) is 35.2 Å². The quantitative estimate of drug-likeness (QED) is 0.285. The largest absolute Gasteiger partial charge is 0.398 e. The van der Waals surface area contributed by atoms with E-state index < -0.39 is 17.4 Å². The maximum Gasteiger partial charge on any atom is 0.262 e. The minimum Gasteiger partial charge on any atom is -0.398 e. The lowest BCUT2D eigenvalue weighted by Gasteiger charge is -2.37. The van der Waals surface area contributed by atoms with Gasteiger partial charge in [-0.2, -0.15) is 0 Å². The molecule has 5 rings (SSSR count). The number of carbonyl (C=O) groups excluding carboxylic acids is 3. The summed E-state index contributed by atoms with van der Waals surface area (Å²) in [6.45, 7) is 4.52. The highest BCUT2D eigenvalue weighted by Gasteiger charge is 2.49. The highest BCUT2D eigenvalue weighted by Crippen LogP contribution is 2.49. The molecule has 1 saturated heterocycles. The number of rotatable bonds is 4. The van der Waals surface area contributed by atoms with Crippen LogP contribution in [0.4, 0.5) is 5.69 Å². The first-order valence-corrected chi connectivity index (χ1v) is 13.3. The van der Waals surface area contributed by atoms with Crippen LogP contribution >= 0.6 is 34.5 Å². The van der Waals surface area contributed by atoms with Gasteiger partial charge in [0.15, 0.2) is 5.78 Å². The normalized spacial score (nSPS) is 23.2. The van der Waals surface area contributed by atoms with Crippen molar-refractivity contribution in [3.63, 3.8) is 0 Å². The molecule has 1 aromatic heterocycles. The van der Waals surface area contributed by atoms with Crippen LogP contribution < -0.4 is 22.5 Å². The summed E-state index contributed by atoms with van der Waals surface area (Å²) in [5, 5.41) is 4.20. The van der Waals surface area contributed by atoms with Crippen LogP contribution in [0.25, 0.3) is 10.1 Å². The topological polar surface area (TPSA) is 145 Å². The van der Waals surface area contributed by atoms with Crippen LogP contribution in [0.3, 0.4) is 0 Å². The lowest BCUT2D eigenvalue weighted by molar-refractivity contribution is -0.127. The van der Waals surface area contributed by atoms with Crippen LogP contribution in [-0.4, -0.2) is 41.6 Å². The van der Waals surface area contributed by atoms with Crippen LogP contribution in [0.2, 0.25) is 10.0 Å². The molecular weight excluding hydrogens is 533 g/mol. The molecule has 2 aromatic carbocycles. The van der Waals surface area contributed by atoms with Crippen LogP contribution in [-0.2, 0) is 15.1 Å². The fourth-order valence-electron chi connectivity index (χ4n) is 5.26. The second-order valence-electron chi connectivity index (χ2n) is 9.33. The van der Waals surface area contributed by atoms with Gasteiger partial charge in [-0.05, 0) is 48.2 Å². The first-order valence-electron chi connectivity index (χ1n) is 11.7. The number of halogens is 2. The molecule has 1 fully saturated rings. The van der Waals surface area contributed by atoms with Crippen molar-refractivity contribution in [1.82, 2.24) is 10.2 Å². The number of amides is 2. The van der Waals surface area contributed by atoms with Gasteiger partial charge in [-0.25, -0.2) is 0 Å². The molecule has 2 heterocycles. The van der Waals surface area contributed by atoms with Gasteiger partial charge in [-0.3, -0.25) is 14.4 Å². The molecule has 3 aromatic rings. The van der Waals surface area contributed by atoms with Gasteiger partial charge in [-0.15, -0.1) is 11.3 Å². The van der Waals surface area contributed by atoms with E-state index in [1.165, 1.54) is 17.4 Å². The summed E-state index contributed by atoms with van der Waals surface area (Å²) in [5.74, 6) is -1.03. The summed E-state index contributed by atoms with van der Waals surface area (Å²) < 4.78 is 0.627. The van der Waals surface area contributed by atoms with Gasteiger partial charge < -0.3 is 27.4 Å². The van der Waals surface area contributed by atoms with Crippen molar-refractivity contribution in [3.8, 4) is 0 Å². The Morgan fingerprint density at radius 1 is 1.22 bits per heavy atom. The number of hydrogen-bond donors (Lipinski definition) is 4. The zero-order chi connectivity index (χ0) is 26.6. The molecule has 1 aliphatic heterocycles. The second kappa shape index (κ2) is 9.41. The van der Waals surface area contributed by atoms with E-state index >= 15 is 0 Å². The smallest absolute Gasteiger partial charge is 0.262 e. The predicted octanol–water partition coefficient (Wildman–Crippen LogP) is 3.48. The number of likely N-dealkylation sites (tertiary alicyclic amines) is 1. The summed E-state index contributed by atoms with van der Waals surface area (Å²) in [6.07, 6.45) is 2.73. The lowest BCUT2D eigenvalue weighted by Crippen LogP contribution is -2.53. The number of nitrogen functional groups attached to an aromatic ring is 1. The molecule has 3 atom stereocenters. The first-order chi connectivity index (χ1) is 17.6. The molecule has 0 radical (unpaired) electrons. The van der Waals surface area contributed by atoms with Crippen molar-refractivity contribution in [3.05, 3.63) is 74.6 Å². The lowest BCUT2D eigenvalue weighted by atomic mass is 9.70. The summed E-state index contributed by atoms with van der Waals surface area (Å²) in [7, 11) is 0. The molecule has 7 N–H and O–H groups in total. The SMILES string of the molecule is C=CC(=O)N1CCCC(NC(=O)c2sc3c(N)ccc4c3c2C(N)C(=O)C4(N)c2ccc(Cl)c(Cl)c2)C1. The number of nitrogens with zero attached hydrogens (tertiary/aromatic N) is 1. The maximum absolute atomic E-state index is 13.8. The summed E-state index contributed by atoms with van der Waals surface area (Å²) >= 11 is 13.5. The zero-order valence-electron chi connectivity index (χ0n) is 19.7. The molecule has 192 valence electrons. The number of Topliss-reactive ketones (excluding diaryl/α,β-unsaturated/α-hetero) is 1. The average molecular weight is 558 g/mol. The van der Waals surface area contributed by atoms with Crippen molar-refractivity contribution < 1.29 is 14.4 Å². The molecule has 0 bridgehead atoms. The van der Waals surface area contributed by atoms with Crippen molar-refractivity contribution in [2.24, 2.45) is 11.5 Å². The molecular formula is C26H25Cl2N5O3S. The van der Waals surface area contributed by atoms with Gasteiger partial charge in [0.1, 0.15) is 5.54 Å². The monoisotopic (exact) mass is 557 g/mol. The molecule has 1 aliphatic carbocycles. The number of ketones is 1. The van der Waals surface area contributed by atoms with E-state index in [0.717, 1.165) is 6.42 Å². The van der Waals surface area contributed by atoms with Gasteiger partial charge in [0.25, 0.3) is 5.91 Å². The average Bonchev–Trinajstić information content (AvgIpc) is 3.30. The summed E-state index contributed by atoms with van der Waals surface area (Å²) in [6, 6.07) is 6.72. The van der Waals surface area contributed by atoms with Crippen LogP contribution in [0.5, 0.6) is 0 Å². The number of nitrogens with one attached hydrogen (secondary N) is 1. The first kappa shape index (κ1) is 25.7. The zero-order valence-corrected chi connectivity index (χ0v) is 22.1. The Morgan fingerprint density at radius 2 is 1.97 bits per heavy atom. The molecule has 0 spiro atoms. The van der Waals surface area contributed by atoms with Gasteiger partial charge in [0.05, 0.1) is 25.7 Å². The standard InChI is InChI=1S/C26H25Cl2N5O3S/c1-2-18(34)33-9-3-4-13(11-33)32-25(36)23-20-19-14(6-8-17(29)22(19)37-23)26(31,24(35)21(20)30)12-5-7-15(27)16(28)10-12/h2,5-8,10,13,21H,1,3-4,9,11,29-31H2,(H,32,36). The highest BCUT2D eigenvalue weighted by molar-refractivity contribution is 7.21. The third kappa shape index (κ3) is 4.02. The van der Waals surface area contributed by atoms with Gasteiger partial charge in [-0.1, -0.05) is 41.9 Å². The molecule has 11 heteroatoms. The number of carbonyl (C=O) groups is 3. The Labute approximate surface area is 227 Å². The summed E-state index contributed by atoms with van der Waals surface area (Å²) in [4.78, 5) is 41.4. The Hall–Kier alpha value is -2.95. The van der Waals surface area contributed by atoms with E-state index in [-0.39, 0.29) is 22.9 Å². The van der Waals surface area contributed by atoms with Crippen LogP contribution in [0.1, 0.15) is 45.2 Å². The number of thiophene rings is 1. The number of piperidine rings is 1. The molecule has 3 unspecified atom stereocenters. The minimum absolute atomic E-state index is 0.178. The highest BCUT2D eigenvalue weighted by atomic mass is 35.5. The molecule has 8 nitrogen and oxygen atoms in total. The fraction of sp³-hybridized carbons (Fsp3) is 0.269. The third-order valence-corrected chi connectivity index (χ3v) is 9.13.